The molecule has 1 saturated heterocycles. The number of halogens is 1. The summed E-state index contributed by atoms with van der Waals surface area (Å²) in [7, 11) is 3.95. The van der Waals surface area contributed by atoms with Crippen LogP contribution >= 0.6 is 24.0 Å². The van der Waals surface area contributed by atoms with E-state index >= 15 is 0 Å². The molecular formula is C24H32IN5O. The van der Waals surface area contributed by atoms with E-state index in [4.69, 9.17) is 0 Å². The van der Waals surface area contributed by atoms with Crippen LogP contribution in [0.25, 0.3) is 0 Å². The number of hydrogen-bond acceptors (Lipinski definition) is 3. The fraction of sp³-hybridized carbons (Fsp3) is 0.417. The van der Waals surface area contributed by atoms with Gasteiger partial charge in [-0.15, -0.1) is 24.0 Å². The predicted octanol–water partition coefficient (Wildman–Crippen LogP) is 3.68. The van der Waals surface area contributed by atoms with Gasteiger partial charge >= 0.3 is 0 Å². The van der Waals surface area contributed by atoms with Crippen LogP contribution in [-0.2, 0) is 24.3 Å². The van der Waals surface area contributed by atoms with Crippen molar-refractivity contribution in [2.45, 2.75) is 38.8 Å². The lowest BCUT2D eigenvalue weighted by Crippen LogP contribution is -2.36. The first kappa shape index (κ1) is 23.4. The minimum absolute atomic E-state index is 0. The Morgan fingerprint density at radius 1 is 0.968 bits per heavy atom. The van der Waals surface area contributed by atoms with Gasteiger partial charge in [-0.05, 0) is 54.2 Å². The van der Waals surface area contributed by atoms with Gasteiger partial charge in [0.2, 0.25) is 5.91 Å². The number of nitrogens with one attached hydrogen (secondary N) is 2. The summed E-state index contributed by atoms with van der Waals surface area (Å²) < 4.78 is 0. The van der Waals surface area contributed by atoms with Gasteiger partial charge in [0.15, 0.2) is 5.96 Å². The first-order valence-electron chi connectivity index (χ1n) is 10.8. The molecule has 4 rings (SSSR count). The van der Waals surface area contributed by atoms with Crippen LogP contribution in [0.3, 0.4) is 0 Å². The molecule has 0 spiro atoms. The van der Waals surface area contributed by atoms with Crippen LogP contribution in [0, 0.1) is 0 Å². The largest absolute Gasteiger partial charge is 0.374 e. The molecule has 2 aliphatic rings. The lowest BCUT2D eigenvalue weighted by Gasteiger charge is -2.28. The van der Waals surface area contributed by atoms with E-state index in [9.17, 15) is 4.79 Å². The average molecular weight is 533 g/mol. The minimum Gasteiger partial charge on any atom is -0.374 e. The fourth-order valence-electron chi connectivity index (χ4n) is 4.26. The van der Waals surface area contributed by atoms with Gasteiger partial charge < -0.3 is 20.4 Å². The van der Waals surface area contributed by atoms with Gasteiger partial charge in [0.25, 0.3) is 0 Å². The molecule has 0 bridgehead atoms. The van der Waals surface area contributed by atoms with Crippen molar-refractivity contribution in [3.63, 3.8) is 0 Å². The molecule has 2 N–H and O–H groups in total. The molecule has 2 aromatic carbocycles. The molecule has 0 unspecified atom stereocenters. The molecule has 0 aliphatic carbocycles. The van der Waals surface area contributed by atoms with Crippen LogP contribution in [0.15, 0.2) is 47.5 Å². The van der Waals surface area contributed by atoms with Crippen LogP contribution in [0.5, 0.6) is 0 Å². The van der Waals surface area contributed by atoms with Crippen molar-refractivity contribution >= 4 is 47.2 Å². The maximum absolute atomic E-state index is 11.9. The van der Waals surface area contributed by atoms with E-state index in [0.29, 0.717) is 13.0 Å². The Labute approximate surface area is 202 Å². The van der Waals surface area contributed by atoms with Crippen LogP contribution in [-0.4, -0.2) is 39.1 Å². The second-order valence-corrected chi connectivity index (χ2v) is 8.08. The smallest absolute Gasteiger partial charge is 0.227 e. The highest BCUT2D eigenvalue weighted by Gasteiger charge is 2.21. The summed E-state index contributed by atoms with van der Waals surface area (Å²) in [4.78, 5) is 20.4. The van der Waals surface area contributed by atoms with E-state index in [0.717, 1.165) is 49.7 Å². The topological polar surface area (TPSA) is 60.0 Å². The molecular weight excluding hydrogens is 501 g/mol. The van der Waals surface area contributed by atoms with Gasteiger partial charge in [-0.2, -0.15) is 0 Å². The molecule has 2 aromatic rings. The standard InChI is InChI=1S/C24H31N5O.HI/c1-25-24(27-17-19-9-12-22-20(15-19)5-3-13-28(22)2)26-16-18-7-10-21(11-8-18)29-14-4-6-23(29)30;/h7-12,15H,3-6,13-14,16-17H2,1-2H3,(H2,25,26,27);1H. The average Bonchev–Trinajstić information content (AvgIpc) is 3.20. The van der Waals surface area contributed by atoms with E-state index in [1.807, 2.05) is 17.0 Å². The predicted molar refractivity (Wildman–Crippen MR) is 139 cm³/mol. The van der Waals surface area contributed by atoms with Gasteiger partial charge in [-0.25, -0.2) is 0 Å². The maximum atomic E-state index is 11.9. The Kier molecular flexibility index (Phi) is 8.17. The number of rotatable bonds is 5. The van der Waals surface area contributed by atoms with Crippen LogP contribution in [0.2, 0.25) is 0 Å². The summed E-state index contributed by atoms with van der Waals surface area (Å²) >= 11 is 0. The van der Waals surface area contributed by atoms with E-state index in [2.05, 4.69) is 57.9 Å². The number of nitrogens with zero attached hydrogens (tertiary/aromatic N) is 3. The highest BCUT2D eigenvalue weighted by atomic mass is 127. The number of anilines is 2. The number of carbonyl (C=O) groups excluding carboxylic acids is 1. The highest BCUT2D eigenvalue weighted by molar-refractivity contribution is 14.0. The van der Waals surface area contributed by atoms with Crippen molar-refractivity contribution in [3.8, 4) is 0 Å². The van der Waals surface area contributed by atoms with Crippen molar-refractivity contribution in [1.29, 1.82) is 0 Å². The number of carbonyl (C=O) groups is 1. The third kappa shape index (κ3) is 5.70. The molecule has 6 nitrogen and oxygen atoms in total. The number of amides is 1. The number of fused-ring (bicyclic) bond motifs is 1. The van der Waals surface area contributed by atoms with Crippen molar-refractivity contribution < 1.29 is 4.79 Å². The first-order chi connectivity index (χ1) is 14.6. The van der Waals surface area contributed by atoms with Crippen LogP contribution < -0.4 is 20.4 Å². The van der Waals surface area contributed by atoms with Crippen molar-refractivity contribution in [1.82, 2.24) is 10.6 Å². The van der Waals surface area contributed by atoms with E-state index in [1.165, 1.54) is 23.2 Å². The minimum atomic E-state index is 0. The van der Waals surface area contributed by atoms with Crippen molar-refractivity contribution in [2.75, 3.05) is 37.0 Å². The lowest BCUT2D eigenvalue weighted by molar-refractivity contribution is -0.117. The monoisotopic (exact) mass is 533 g/mol. The molecule has 0 aromatic heterocycles. The van der Waals surface area contributed by atoms with Crippen molar-refractivity contribution in [2.24, 2.45) is 4.99 Å². The Morgan fingerprint density at radius 2 is 1.65 bits per heavy atom. The normalized spacial score (nSPS) is 16.1. The number of aliphatic imine (C=N–C) groups is 1. The zero-order valence-corrected chi connectivity index (χ0v) is 20.7. The van der Waals surface area contributed by atoms with Crippen molar-refractivity contribution in [3.05, 3.63) is 59.2 Å². The Hall–Kier alpha value is -2.29. The third-order valence-electron chi connectivity index (χ3n) is 5.96. The zero-order valence-electron chi connectivity index (χ0n) is 18.4. The second-order valence-electron chi connectivity index (χ2n) is 8.08. The molecule has 2 aliphatic heterocycles. The molecule has 0 radical (unpaired) electrons. The quantitative estimate of drug-likeness (QED) is 0.350. The van der Waals surface area contributed by atoms with Crippen LogP contribution in [0.1, 0.15) is 36.0 Å². The fourth-order valence-corrected chi connectivity index (χ4v) is 4.26. The Morgan fingerprint density at radius 3 is 2.32 bits per heavy atom. The number of hydrogen-bond donors (Lipinski definition) is 2. The van der Waals surface area contributed by atoms with Gasteiger partial charge in [0.1, 0.15) is 0 Å². The number of aryl methyl sites for hydroxylation is 1. The number of guanidine groups is 1. The molecule has 0 atom stereocenters. The summed E-state index contributed by atoms with van der Waals surface area (Å²) in [5.41, 5.74) is 6.20. The molecule has 0 saturated carbocycles. The van der Waals surface area contributed by atoms with Crippen LogP contribution in [0.4, 0.5) is 11.4 Å². The Balaban J connectivity index is 0.00000272. The molecule has 31 heavy (non-hydrogen) atoms. The maximum Gasteiger partial charge on any atom is 0.227 e. The summed E-state index contributed by atoms with van der Waals surface area (Å²) in [6.45, 7) is 3.39. The third-order valence-corrected chi connectivity index (χ3v) is 5.96. The summed E-state index contributed by atoms with van der Waals surface area (Å²) in [5, 5.41) is 6.78. The highest BCUT2D eigenvalue weighted by Crippen LogP contribution is 2.26. The summed E-state index contributed by atoms with van der Waals surface area (Å²) in [5.74, 6) is 1.00. The Bertz CT molecular complexity index is 928. The van der Waals surface area contributed by atoms with E-state index < -0.39 is 0 Å². The van der Waals surface area contributed by atoms with Gasteiger partial charge in [0.05, 0.1) is 0 Å². The van der Waals surface area contributed by atoms with E-state index in [1.54, 1.807) is 7.05 Å². The molecule has 7 heteroatoms. The molecule has 1 fully saturated rings. The molecule has 1 amide bonds. The molecule has 2 heterocycles. The molecule has 166 valence electrons. The first-order valence-corrected chi connectivity index (χ1v) is 10.8. The van der Waals surface area contributed by atoms with Gasteiger partial charge in [-0.3, -0.25) is 9.79 Å². The number of benzene rings is 2. The SMILES string of the molecule is CN=C(NCc1ccc(N2CCCC2=O)cc1)NCc1ccc2c(c1)CCCN2C.I. The zero-order chi connectivity index (χ0) is 20.9. The van der Waals surface area contributed by atoms with Gasteiger partial charge in [0, 0.05) is 58.1 Å². The second kappa shape index (κ2) is 10.8. The summed E-state index contributed by atoms with van der Waals surface area (Å²) in [6, 6.07) is 14.9. The summed E-state index contributed by atoms with van der Waals surface area (Å²) in [6.07, 6.45) is 3.98. The lowest BCUT2D eigenvalue weighted by atomic mass is 9.99. The van der Waals surface area contributed by atoms with Gasteiger partial charge in [-0.1, -0.05) is 24.3 Å². The van der Waals surface area contributed by atoms with E-state index in [-0.39, 0.29) is 29.9 Å².